The fourth-order valence-corrected chi connectivity index (χ4v) is 7.79. The third kappa shape index (κ3) is 17.0. The van der Waals surface area contributed by atoms with Gasteiger partial charge in [0, 0.05) is 19.2 Å². The van der Waals surface area contributed by atoms with Crippen molar-refractivity contribution in [2.45, 2.75) is 90.4 Å². The summed E-state index contributed by atoms with van der Waals surface area (Å²) in [6.45, 7) is 17.7. The van der Waals surface area contributed by atoms with Gasteiger partial charge in [-0.05, 0) is 102 Å². The van der Waals surface area contributed by atoms with E-state index >= 15 is 0 Å². The number of nitro groups is 1. The number of alkyl halides is 6. The van der Waals surface area contributed by atoms with Crippen LogP contribution in [0.2, 0.25) is 15.3 Å². The number of carbonyl (C=O) groups excluding carboxylic acids is 2. The van der Waals surface area contributed by atoms with Gasteiger partial charge in [-0.25, -0.2) is 4.68 Å². The molecule has 0 radical (unpaired) electrons. The Bertz CT molecular complexity index is 2580. The van der Waals surface area contributed by atoms with E-state index in [0.29, 0.717) is 43.0 Å². The minimum Gasteiger partial charge on any atom is -0.489 e. The molecule has 0 spiro atoms. The number of rotatable bonds is 12. The molecule has 26 heteroatoms. The number of nitrogens with one attached hydrogen (secondary N) is 2. The number of amides is 2. The van der Waals surface area contributed by atoms with E-state index in [2.05, 4.69) is 43.7 Å². The van der Waals surface area contributed by atoms with Gasteiger partial charge in [-0.15, -0.1) is 11.6 Å². The molecule has 0 aliphatic carbocycles. The topological polar surface area (TPSA) is 209 Å². The predicted molar refractivity (Wildman–Crippen MR) is 277 cm³/mol. The van der Waals surface area contributed by atoms with Crippen molar-refractivity contribution in [3.05, 3.63) is 103 Å². The van der Waals surface area contributed by atoms with E-state index in [4.69, 9.17) is 84.8 Å². The summed E-state index contributed by atoms with van der Waals surface area (Å²) in [5, 5.41) is 19.8. The van der Waals surface area contributed by atoms with Crippen molar-refractivity contribution in [2.75, 3.05) is 58.9 Å². The van der Waals surface area contributed by atoms with Gasteiger partial charge in [0.1, 0.15) is 30.1 Å². The minimum absolute atomic E-state index is 0.0223. The van der Waals surface area contributed by atoms with E-state index in [9.17, 15) is 32.9 Å². The first-order valence-electron chi connectivity index (χ1n) is 21.5. The Labute approximate surface area is 439 Å². The average molecular weight is 1110 g/mol. The van der Waals surface area contributed by atoms with Gasteiger partial charge in [0.25, 0.3) is 5.91 Å². The van der Waals surface area contributed by atoms with Crippen LogP contribution >= 0.6 is 69.6 Å². The lowest BCUT2D eigenvalue weighted by Crippen LogP contribution is -2.47. The zero-order chi connectivity index (χ0) is 53.5. The molecule has 2 aromatic heterocycles. The van der Waals surface area contributed by atoms with Gasteiger partial charge in [0.05, 0.1) is 50.6 Å². The van der Waals surface area contributed by atoms with E-state index in [-0.39, 0.29) is 56.3 Å². The fourth-order valence-electron chi connectivity index (χ4n) is 6.64. The smallest absolute Gasteiger partial charge is 0.416 e. The Morgan fingerprint density at radius 3 is 2.17 bits per heavy atom. The molecular weight excluding hydrogens is 1060 g/mol. The zero-order valence-electron chi connectivity index (χ0n) is 40.0. The summed E-state index contributed by atoms with van der Waals surface area (Å²) in [6, 6.07) is 14.6. The van der Waals surface area contributed by atoms with Crippen LogP contribution in [0, 0.1) is 17.0 Å². The number of nitrogens with zero attached hydrogens (tertiary/aromatic N) is 8. The van der Waals surface area contributed by atoms with E-state index < -0.39 is 33.0 Å². The highest BCUT2D eigenvalue weighted by Gasteiger charge is 2.34. The van der Waals surface area contributed by atoms with Gasteiger partial charge in [-0.2, -0.15) is 33.2 Å². The summed E-state index contributed by atoms with van der Waals surface area (Å²) in [6.07, 6.45) is -2.91. The summed E-state index contributed by atoms with van der Waals surface area (Å²) >= 11 is 34.3. The van der Waals surface area contributed by atoms with Crippen LogP contribution in [0.4, 0.5) is 47.9 Å². The number of ether oxygens (including phenoxy) is 2. The molecule has 71 heavy (non-hydrogen) atoms. The number of benzene rings is 3. The van der Waals surface area contributed by atoms with E-state index in [0.717, 1.165) is 46.3 Å². The Hall–Kier alpha value is -5.09. The van der Waals surface area contributed by atoms with Gasteiger partial charge in [-0.3, -0.25) is 19.7 Å². The molecule has 0 saturated carbocycles. The number of anilines is 5. The largest absolute Gasteiger partial charge is 0.489 e. The molecule has 1 aliphatic heterocycles. The molecule has 2 unspecified atom stereocenters. The lowest BCUT2D eigenvalue weighted by atomic mass is 10.0. The Morgan fingerprint density at radius 1 is 1.03 bits per heavy atom. The molecule has 0 saturated heterocycles. The molecule has 0 bridgehead atoms. The van der Waals surface area contributed by atoms with E-state index in [1.165, 1.54) is 0 Å². The third-order valence-corrected chi connectivity index (χ3v) is 11.0. The summed E-state index contributed by atoms with van der Waals surface area (Å²) < 4.78 is 49.4. The monoisotopic (exact) mass is 1110 g/mol. The van der Waals surface area contributed by atoms with Gasteiger partial charge in [0.2, 0.25) is 28.9 Å². The van der Waals surface area contributed by atoms with Crippen molar-refractivity contribution in [1.29, 1.82) is 0 Å². The molecule has 4 N–H and O–H groups in total. The van der Waals surface area contributed by atoms with Crippen LogP contribution in [0.5, 0.6) is 5.75 Å². The van der Waals surface area contributed by atoms with Crippen LogP contribution < -0.4 is 30.9 Å². The maximum atomic E-state index is 12.6. The van der Waals surface area contributed by atoms with Gasteiger partial charge in [0.15, 0.2) is 4.84 Å². The van der Waals surface area contributed by atoms with Crippen LogP contribution in [0.25, 0.3) is 5.69 Å². The first kappa shape index (κ1) is 60.2. The number of methoxy groups -OCH3 is 1. The molecular formula is C45H54Cl6F3N11O6. The van der Waals surface area contributed by atoms with Crippen LogP contribution in [0.1, 0.15) is 65.2 Å². The second kappa shape index (κ2) is 27.1. The van der Waals surface area contributed by atoms with Gasteiger partial charge < -0.3 is 35.6 Å². The third-order valence-electron chi connectivity index (χ3n) is 9.61. The number of nitrogen functional groups attached to an aromatic ring is 1. The number of carbonyl (C=O) groups is 2. The number of aryl methyl sites for hydroxylation is 2. The van der Waals surface area contributed by atoms with Crippen molar-refractivity contribution in [3.63, 3.8) is 0 Å². The molecule has 17 nitrogen and oxygen atoms in total. The van der Waals surface area contributed by atoms with Crippen molar-refractivity contribution in [3.8, 4) is 11.4 Å². The fraction of sp³-hybridized carbons (Fsp3) is 0.422. The van der Waals surface area contributed by atoms with Gasteiger partial charge in [-0.1, -0.05) is 83.7 Å². The lowest BCUT2D eigenvalue weighted by Gasteiger charge is -2.35. The second-order valence-corrected chi connectivity index (χ2v) is 18.8. The summed E-state index contributed by atoms with van der Waals surface area (Å²) in [5.74, 6) is 0.835. The SMILES string of the molecule is CC1COc2ccccc2N1C(=O)C(Cl)Cl.CCNc1nc(Cl)nc(NC(C)(C)C)n1.CCc1cccc(C)c1N(C(=O)CCl)C(C)COC.Nc1c([N+](=O)[O-])cnn1-c1c(Cl)cc(C(F)(F)F)cc1Cl. The maximum Gasteiger partial charge on any atom is 0.416 e. The second-order valence-electron chi connectivity index (χ2n) is 16.3. The highest BCUT2D eigenvalue weighted by atomic mass is 35.5. The number of para-hydroxylation sites is 3. The van der Waals surface area contributed by atoms with E-state index in [1.54, 1.807) is 16.9 Å². The molecule has 3 aromatic carbocycles. The number of hydrogen-bond acceptors (Lipinski definition) is 13. The summed E-state index contributed by atoms with van der Waals surface area (Å²) in [5.41, 5.74) is 7.61. The quantitative estimate of drug-likeness (QED) is 0.0604. The van der Waals surface area contributed by atoms with Crippen LogP contribution in [-0.2, 0) is 26.9 Å². The first-order valence-corrected chi connectivity index (χ1v) is 24.0. The van der Waals surface area contributed by atoms with Crippen molar-refractivity contribution in [2.24, 2.45) is 0 Å². The van der Waals surface area contributed by atoms with Crippen LogP contribution in [0.15, 0.2) is 60.8 Å². The average Bonchev–Trinajstić information content (AvgIpc) is 3.66. The number of halogens is 9. The van der Waals surface area contributed by atoms with Crippen LogP contribution in [-0.4, -0.2) is 96.7 Å². The van der Waals surface area contributed by atoms with Crippen molar-refractivity contribution >= 4 is 116 Å². The van der Waals surface area contributed by atoms with E-state index in [1.807, 2.05) is 84.9 Å². The maximum absolute atomic E-state index is 12.6. The first-order chi connectivity index (χ1) is 33.2. The van der Waals surface area contributed by atoms with Crippen molar-refractivity contribution in [1.82, 2.24) is 24.7 Å². The highest BCUT2D eigenvalue weighted by molar-refractivity contribution is 6.54. The highest BCUT2D eigenvalue weighted by Crippen LogP contribution is 2.39. The summed E-state index contributed by atoms with van der Waals surface area (Å²) in [4.78, 5) is 48.4. The normalized spacial score (nSPS) is 13.5. The van der Waals surface area contributed by atoms with Gasteiger partial charge >= 0.3 is 11.9 Å². The molecule has 0 fully saturated rings. The number of fused-ring (bicyclic) bond motifs is 1. The zero-order valence-corrected chi connectivity index (χ0v) is 44.6. The number of aromatic nitrogens is 5. The van der Waals surface area contributed by atoms with Crippen molar-refractivity contribution < 1.29 is 37.2 Å². The molecule has 1 aliphatic rings. The number of hydrogen-bond donors (Lipinski definition) is 3. The Balaban J connectivity index is 0.000000252. The molecule has 2 amide bonds. The lowest BCUT2D eigenvalue weighted by molar-refractivity contribution is -0.383. The molecule has 2 atom stereocenters. The Kier molecular flexibility index (Phi) is 23.0. The molecule has 6 rings (SSSR count). The predicted octanol–water partition coefficient (Wildman–Crippen LogP) is 11.6. The number of nitrogens with two attached hydrogens (primary N) is 1. The molecule has 388 valence electrons. The Morgan fingerprint density at radius 2 is 1.65 bits per heavy atom. The summed E-state index contributed by atoms with van der Waals surface area (Å²) in [7, 11) is 1.64. The molecule has 3 heterocycles. The molecule has 5 aromatic rings. The van der Waals surface area contributed by atoms with Crippen LogP contribution in [0.3, 0.4) is 0 Å². The standard InChI is InChI=1S/C15H22ClNO2.C11H11Cl2NO2.C10H5Cl2F3N4O2.C9H16ClN5/c1-5-13-8-6-7-11(2)15(13)17(14(18)9-16)12(3)10-19-4;1-7-6-16-9-5-3-2-4-8(9)14(7)11(15)10(12)13;11-5-1-4(10(13,14)15)2-6(12)8(5)18-9(16)7(3-17-18)19(20)21;1-5-11-7-12-6(10)13-8(14-7)15-9(2,3)4/h6-8,12H,5,9-10H2,1-4H3;2-5,7,10H,6H2,1H3;1-3H,16H2;5H2,1-4H3,(H2,11,12,13,14,15). The minimum atomic E-state index is -4.63.